The Kier molecular flexibility index (Phi) is 6.73. The number of imidazole rings is 1. The molecule has 2 N–H and O–H groups in total. The number of hydrogen-bond acceptors (Lipinski definition) is 8. The Morgan fingerprint density at radius 2 is 1.86 bits per heavy atom. The Morgan fingerprint density at radius 3 is 2.54 bits per heavy atom. The van der Waals surface area contributed by atoms with Gasteiger partial charge in [0.15, 0.2) is 11.5 Å². The fraction of sp³-hybridized carbons (Fsp3) is 0.522. The fourth-order valence-corrected chi connectivity index (χ4v) is 3.85. The largest absolute Gasteiger partial charge is 0.444 e. The molecular formula is C23H27F4N7O3. The van der Waals surface area contributed by atoms with E-state index >= 15 is 0 Å². The minimum Gasteiger partial charge on any atom is -0.444 e. The first kappa shape index (κ1) is 26.5. The summed E-state index contributed by atoms with van der Waals surface area (Å²) in [7, 11) is 0. The summed E-state index contributed by atoms with van der Waals surface area (Å²) in [4.78, 5) is 30.0. The van der Waals surface area contributed by atoms with E-state index in [1.54, 1.807) is 25.7 Å². The van der Waals surface area contributed by atoms with Crippen LogP contribution in [0.4, 0.5) is 28.3 Å². The molecule has 0 bridgehead atoms. The number of rotatable bonds is 4. The van der Waals surface area contributed by atoms with Gasteiger partial charge in [0.2, 0.25) is 11.5 Å². The maximum Gasteiger partial charge on any atom is 0.422 e. The summed E-state index contributed by atoms with van der Waals surface area (Å²) >= 11 is 0. The minimum atomic E-state index is -4.99. The lowest BCUT2D eigenvalue weighted by molar-refractivity contribution is -0.260. The Hall–Kier alpha value is -3.55. The normalized spacial score (nSPS) is 18.5. The van der Waals surface area contributed by atoms with Crippen LogP contribution in [0.3, 0.4) is 0 Å². The predicted molar refractivity (Wildman–Crippen MR) is 124 cm³/mol. The van der Waals surface area contributed by atoms with E-state index in [2.05, 4.69) is 25.3 Å². The summed E-state index contributed by atoms with van der Waals surface area (Å²) in [5.74, 6) is -0.758. The third-order valence-corrected chi connectivity index (χ3v) is 5.84. The third-order valence-electron chi connectivity index (χ3n) is 5.84. The molecule has 14 heteroatoms. The Bertz CT molecular complexity index is 1300. The van der Waals surface area contributed by atoms with Crippen molar-refractivity contribution < 1.29 is 32.2 Å². The second-order valence-corrected chi connectivity index (χ2v) is 10.0. The maximum atomic E-state index is 14.8. The summed E-state index contributed by atoms with van der Waals surface area (Å²) in [6, 6.07) is -0.237. The predicted octanol–water partition coefficient (Wildman–Crippen LogP) is 3.91. The SMILES string of the molecule is CC(C)(C)OC(=O)N1CCC[C@@H](Nc2ncc(F)c(-c3cnc4cnc(C(C)(O)C(F)(F)F)cn34)n2)C1. The maximum absolute atomic E-state index is 14.8. The molecule has 0 radical (unpaired) electrons. The van der Waals surface area contributed by atoms with Crippen molar-refractivity contribution in [1.82, 2.24) is 29.2 Å². The van der Waals surface area contributed by atoms with Gasteiger partial charge < -0.3 is 20.1 Å². The van der Waals surface area contributed by atoms with Gasteiger partial charge in [0.25, 0.3) is 0 Å². The summed E-state index contributed by atoms with van der Waals surface area (Å²) in [6.07, 6.45) is 0.142. The highest BCUT2D eigenvalue weighted by Crippen LogP contribution is 2.37. The van der Waals surface area contributed by atoms with Crippen LogP contribution >= 0.6 is 0 Å². The Morgan fingerprint density at radius 1 is 1.14 bits per heavy atom. The zero-order chi connectivity index (χ0) is 27.2. The van der Waals surface area contributed by atoms with Crippen molar-refractivity contribution in [3.05, 3.63) is 36.3 Å². The van der Waals surface area contributed by atoms with Crippen LogP contribution in [0, 0.1) is 5.82 Å². The van der Waals surface area contributed by atoms with Gasteiger partial charge in [-0.1, -0.05) is 0 Å². The number of carbonyl (C=O) groups is 1. The topological polar surface area (TPSA) is 118 Å². The first-order valence-electron chi connectivity index (χ1n) is 11.6. The molecule has 37 heavy (non-hydrogen) atoms. The fourth-order valence-electron chi connectivity index (χ4n) is 3.85. The number of hydrogen-bond donors (Lipinski definition) is 2. The number of amides is 1. The first-order valence-corrected chi connectivity index (χ1v) is 11.6. The van der Waals surface area contributed by atoms with Crippen molar-refractivity contribution in [3.8, 4) is 11.4 Å². The van der Waals surface area contributed by atoms with E-state index in [4.69, 9.17) is 4.74 Å². The van der Waals surface area contributed by atoms with Crippen LogP contribution in [0.5, 0.6) is 0 Å². The van der Waals surface area contributed by atoms with E-state index in [0.717, 1.165) is 18.6 Å². The number of piperidine rings is 1. The lowest BCUT2D eigenvalue weighted by Gasteiger charge is -2.34. The van der Waals surface area contributed by atoms with Crippen molar-refractivity contribution in [2.45, 2.75) is 64.0 Å². The van der Waals surface area contributed by atoms with Gasteiger partial charge in [-0.05, 0) is 40.5 Å². The molecular weight excluding hydrogens is 498 g/mol. The van der Waals surface area contributed by atoms with E-state index in [-0.39, 0.29) is 29.0 Å². The molecule has 1 fully saturated rings. The molecule has 1 saturated heterocycles. The van der Waals surface area contributed by atoms with E-state index in [1.807, 2.05) is 0 Å². The van der Waals surface area contributed by atoms with Crippen LogP contribution < -0.4 is 5.32 Å². The number of alkyl halides is 3. The number of halogens is 4. The number of aliphatic hydroxyl groups is 1. The average Bonchev–Trinajstić information content (AvgIpc) is 3.22. The quantitative estimate of drug-likeness (QED) is 0.493. The van der Waals surface area contributed by atoms with Gasteiger partial charge >= 0.3 is 12.3 Å². The molecule has 0 aromatic carbocycles. The van der Waals surface area contributed by atoms with Gasteiger partial charge in [0.05, 0.1) is 30.0 Å². The molecule has 0 aliphatic carbocycles. The highest BCUT2D eigenvalue weighted by atomic mass is 19.4. The van der Waals surface area contributed by atoms with E-state index in [9.17, 15) is 27.5 Å². The third kappa shape index (κ3) is 5.58. The van der Waals surface area contributed by atoms with Crippen LogP contribution in [-0.2, 0) is 10.3 Å². The molecule has 0 saturated carbocycles. The van der Waals surface area contributed by atoms with Gasteiger partial charge in [-0.25, -0.2) is 24.1 Å². The molecule has 1 aliphatic heterocycles. The zero-order valence-electron chi connectivity index (χ0n) is 20.7. The van der Waals surface area contributed by atoms with Gasteiger partial charge in [-0.2, -0.15) is 13.2 Å². The van der Waals surface area contributed by atoms with Crippen LogP contribution in [0.1, 0.15) is 46.2 Å². The highest BCUT2D eigenvalue weighted by molar-refractivity contribution is 5.68. The number of nitrogens with zero attached hydrogens (tertiary/aromatic N) is 6. The van der Waals surface area contributed by atoms with Crippen molar-refractivity contribution in [3.63, 3.8) is 0 Å². The van der Waals surface area contributed by atoms with Crippen LogP contribution in [0.25, 0.3) is 17.0 Å². The Labute approximate surface area is 209 Å². The number of anilines is 1. The summed E-state index contributed by atoms with van der Waals surface area (Å²) in [5, 5.41) is 13.1. The summed E-state index contributed by atoms with van der Waals surface area (Å²) in [6.45, 7) is 6.77. The highest BCUT2D eigenvalue weighted by Gasteiger charge is 2.52. The number of ether oxygens (including phenoxy) is 1. The van der Waals surface area contributed by atoms with Crippen LogP contribution in [0.15, 0.2) is 24.8 Å². The lowest BCUT2D eigenvalue weighted by Crippen LogP contribution is -2.47. The zero-order valence-corrected chi connectivity index (χ0v) is 20.7. The van der Waals surface area contributed by atoms with Gasteiger partial charge in [-0.3, -0.25) is 9.38 Å². The molecule has 0 spiro atoms. The summed E-state index contributed by atoms with van der Waals surface area (Å²) < 4.78 is 61.4. The molecule has 1 aliphatic rings. The molecule has 200 valence electrons. The van der Waals surface area contributed by atoms with Crippen molar-refractivity contribution in [1.29, 1.82) is 0 Å². The molecule has 3 aromatic heterocycles. The molecule has 1 amide bonds. The molecule has 4 rings (SSSR count). The van der Waals surface area contributed by atoms with Gasteiger partial charge in [0.1, 0.15) is 11.3 Å². The molecule has 2 atom stereocenters. The smallest absolute Gasteiger partial charge is 0.422 e. The average molecular weight is 526 g/mol. The minimum absolute atomic E-state index is 0.0404. The first-order chi connectivity index (χ1) is 17.2. The number of likely N-dealkylation sites (tertiary alicyclic amines) is 1. The van der Waals surface area contributed by atoms with Gasteiger partial charge in [-0.15, -0.1) is 0 Å². The Balaban J connectivity index is 1.60. The standard InChI is InChI=1S/C23H27F4N7O3/c1-21(2,3)37-20(35)33-7-5-6-13(11-33)31-19-30-8-14(24)18(32-19)15-9-29-17-10-28-16(12-34(15)17)22(4,36)23(25,26)27/h8-10,12-13,36H,5-7,11H2,1-4H3,(H,30,31,32)/t13-,22?/m1/s1. The second kappa shape index (κ2) is 9.39. The number of aromatic nitrogens is 5. The van der Waals surface area contributed by atoms with Crippen LogP contribution in [-0.4, -0.2) is 71.3 Å². The lowest BCUT2D eigenvalue weighted by atomic mass is 10.0. The van der Waals surface area contributed by atoms with Gasteiger partial charge in [0, 0.05) is 25.3 Å². The number of fused-ring (bicyclic) bond motifs is 1. The van der Waals surface area contributed by atoms with Crippen molar-refractivity contribution in [2.24, 2.45) is 0 Å². The molecule has 10 nitrogen and oxygen atoms in total. The van der Waals surface area contributed by atoms with Crippen molar-refractivity contribution >= 4 is 17.7 Å². The monoisotopic (exact) mass is 525 g/mol. The number of carbonyl (C=O) groups excluding carboxylic acids is 1. The van der Waals surface area contributed by atoms with E-state index < -0.39 is 35.0 Å². The molecule has 4 heterocycles. The second-order valence-electron chi connectivity index (χ2n) is 10.0. The summed E-state index contributed by atoms with van der Waals surface area (Å²) in [5.41, 5.74) is -4.61. The number of nitrogens with one attached hydrogen (secondary N) is 1. The van der Waals surface area contributed by atoms with E-state index in [0.29, 0.717) is 32.9 Å². The van der Waals surface area contributed by atoms with Crippen LogP contribution in [0.2, 0.25) is 0 Å². The molecule has 1 unspecified atom stereocenters. The van der Waals surface area contributed by atoms with Crippen molar-refractivity contribution in [2.75, 3.05) is 18.4 Å². The molecule has 3 aromatic rings. The van der Waals surface area contributed by atoms with E-state index in [1.165, 1.54) is 10.6 Å².